The van der Waals surface area contributed by atoms with Crippen LogP contribution in [0.1, 0.15) is 27.2 Å². The Bertz CT molecular complexity index is 761. The number of aromatic nitrogens is 1. The van der Waals surface area contributed by atoms with Gasteiger partial charge in [-0.2, -0.15) is 0 Å². The van der Waals surface area contributed by atoms with Gasteiger partial charge in [0, 0.05) is 27.2 Å². The average molecular weight is 334 g/mol. The summed E-state index contributed by atoms with van der Waals surface area (Å²) in [6.45, 7) is 1.85. The van der Waals surface area contributed by atoms with E-state index in [9.17, 15) is 9.90 Å². The molecular weight excluding hydrogens is 320 g/mol. The lowest BCUT2D eigenvalue weighted by Gasteiger charge is -2.08. The molecule has 7 heteroatoms. The van der Waals surface area contributed by atoms with Crippen LogP contribution in [0.4, 0.5) is 0 Å². The summed E-state index contributed by atoms with van der Waals surface area (Å²) in [5.74, 6) is 0.218. The highest BCUT2D eigenvalue weighted by Crippen LogP contribution is 2.33. The van der Waals surface area contributed by atoms with Crippen molar-refractivity contribution in [2.75, 3.05) is 6.54 Å². The van der Waals surface area contributed by atoms with E-state index in [1.807, 2.05) is 29.6 Å². The standard InChI is InChI=1S/C15H14N2O3S2/c1-9-7-10(17-20-9)15(19)16-8-11(18)12-4-5-14(22-12)13-3-2-6-21-13/h2-7,11,18H,8H2,1H3,(H,16,19)/t11-/m0/s1. The van der Waals surface area contributed by atoms with Crippen LogP contribution in [0.2, 0.25) is 0 Å². The summed E-state index contributed by atoms with van der Waals surface area (Å²) >= 11 is 3.18. The normalized spacial score (nSPS) is 12.3. The number of aliphatic hydroxyl groups is 1. The first-order valence-corrected chi connectivity index (χ1v) is 8.36. The number of nitrogens with zero attached hydrogens (tertiary/aromatic N) is 1. The first-order valence-electron chi connectivity index (χ1n) is 6.66. The molecule has 0 bridgehead atoms. The molecule has 0 saturated carbocycles. The maximum absolute atomic E-state index is 11.8. The fraction of sp³-hybridized carbons (Fsp3) is 0.200. The highest BCUT2D eigenvalue weighted by Gasteiger charge is 2.15. The summed E-state index contributed by atoms with van der Waals surface area (Å²) in [6.07, 6.45) is -0.740. The maximum Gasteiger partial charge on any atom is 0.273 e. The molecule has 0 aromatic carbocycles. The van der Waals surface area contributed by atoms with Crippen molar-refractivity contribution in [2.45, 2.75) is 13.0 Å². The van der Waals surface area contributed by atoms with Gasteiger partial charge in [0.2, 0.25) is 0 Å². The molecule has 0 aliphatic heterocycles. The number of aryl methyl sites for hydroxylation is 1. The molecule has 5 nitrogen and oxygen atoms in total. The summed E-state index contributed by atoms with van der Waals surface area (Å²) in [6, 6.07) is 9.47. The largest absolute Gasteiger partial charge is 0.386 e. The van der Waals surface area contributed by atoms with Crippen LogP contribution in [0.15, 0.2) is 40.2 Å². The van der Waals surface area contributed by atoms with E-state index in [-0.39, 0.29) is 18.1 Å². The second-order valence-corrected chi connectivity index (χ2v) is 6.79. The second-order valence-electron chi connectivity index (χ2n) is 4.73. The number of rotatable bonds is 5. The minimum Gasteiger partial charge on any atom is -0.386 e. The predicted octanol–water partition coefficient (Wildman–Crippen LogP) is 3.24. The van der Waals surface area contributed by atoms with Crippen LogP contribution in [0, 0.1) is 6.92 Å². The van der Waals surface area contributed by atoms with Crippen LogP contribution in [0.5, 0.6) is 0 Å². The highest BCUT2D eigenvalue weighted by molar-refractivity contribution is 7.21. The molecule has 0 saturated heterocycles. The van der Waals surface area contributed by atoms with Gasteiger partial charge in [-0.25, -0.2) is 0 Å². The molecule has 3 aromatic heterocycles. The average Bonchev–Trinajstić information content (AvgIpc) is 3.23. The Hall–Kier alpha value is -1.96. The lowest BCUT2D eigenvalue weighted by molar-refractivity contribution is 0.0909. The van der Waals surface area contributed by atoms with Gasteiger partial charge in [0.25, 0.3) is 5.91 Å². The van der Waals surface area contributed by atoms with Crippen molar-refractivity contribution < 1.29 is 14.4 Å². The zero-order chi connectivity index (χ0) is 15.5. The zero-order valence-corrected chi connectivity index (χ0v) is 13.4. The van der Waals surface area contributed by atoms with E-state index in [1.54, 1.807) is 24.3 Å². The van der Waals surface area contributed by atoms with Crippen LogP contribution < -0.4 is 5.32 Å². The summed E-state index contributed by atoms with van der Waals surface area (Å²) in [4.78, 5) is 15.0. The van der Waals surface area contributed by atoms with Crippen molar-refractivity contribution >= 4 is 28.6 Å². The number of aliphatic hydroxyl groups excluding tert-OH is 1. The van der Waals surface area contributed by atoms with Crippen molar-refractivity contribution in [3.8, 4) is 9.75 Å². The molecule has 1 amide bonds. The smallest absolute Gasteiger partial charge is 0.273 e. The van der Waals surface area contributed by atoms with E-state index in [2.05, 4.69) is 10.5 Å². The highest BCUT2D eigenvalue weighted by atomic mass is 32.1. The topological polar surface area (TPSA) is 75.4 Å². The van der Waals surface area contributed by atoms with E-state index in [4.69, 9.17) is 4.52 Å². The fourth-order valence-electron chi connectivity index (χ4n) is 1.94. The Kier molecular flexibility index (Phi) is 4.37. The van der Waals surface area contributed by atoms with Crippen molar-refractivity contribution in [3.05, 3.63) is 52.0 Å². The molecule has 0 fully saturated rings. The molecule has 0 unspecified atom stereocenters. The monoisotopic (exact) mass is 334 g/mol. The maximum atomic E-state index is 11.8. The number of nitrogens with one attached hydrogen (secondary N) is 1. The van der Waals surface area contributed by atoms with Gasteiger partial charge in [-0.1, -0.05) is 11.2 Å². The van der Waals surface area contributed by atoms with E-state index in [0.717, 1.165) is 9.75 Å². The van der Waals surface area contributed by atoms with Gasteiger partial charge in [-0.3, -0.25) is 4.79 Å². The minimum absolute atomic E-state index is 0.134. The Balaban J connectivity index is 1.60. The van der Waals surface area contributed by atoms with E-state index in [0.29, 0.717) is 5.76 Å². The third-order valence-electron chi connectivity index (χ3n) is 3.04. The molecule has 1 atom stereocenters. The molecule has 0 aliphatic rings. The van der Waals surface area contributed by atoms with Crippen molar-refractivity contribution in [2.24, 2.45) is 0 Å². The van der Waals surface area contributed by atoms with Crippen LogP contribution in [-0.4, -0.2) is 22.7 Å². The number of thiophene rings is 2. The number of carbonyl (C=O) groups excluding carboxylic acids is 1. The van der Waals surface area contributed by atoms with Gasteiger partial charge >= 0.3 is 0 Å². The molecule has 0 radical (unpaired) electrons. The van der Waals surface area contributed by atoms with E-state index in [1.165, 1.54) is 16.2 Å². The Morgan fingerprint density at radius 2 is 2.27 bits per heavy atom. The van der Waals surface area contributed by atoms with Crippen molar-refractivity contribution in [3.63, 3.8) is 0 Å². The molecule has 22 heavy (non-hydrogen) atoms. The lowest BCUT2D eigenvalue weighted by Crippen LogP contribution is -2.28. The second kappa shape index (κ2) is 6.43. The molecule has 3 rings (SSSR count). The Morgan fingerprint density at radius 3 is 2.95 bits per heavy atom. The molecule has 114 valence electrons. The van der Waals surface area contributed by atoms with Gasteiger partial charge in [0.1, 0.15) is 11.9 Å². The fourth-order valence-corrected chi connectivity index (χ4v) is 3.77. The third-order valence-corrected chi connectivity index (χ3v) is 5.29. The van der Waals surface area contributed by atoms with Crippen LogP contribution >= 0.6 is 22.7 Å². The zero-order valence-electron chi connectivity index (χ0n) is 11.8. The van der Waals surface area contributed by atoms with Gasteiger partial charge in [-0.15, -0.1) is 22.7 Å². The van der Waals surface area contributed by atoms with Crippen molar-refractivity contribution in [1.29, 1.82) is 0 Å². The molecule has 0 aliphatic carbocycles. The SMILES string of the molecule is Cc1cc(C(=O)NC[C@H](O)c2ccc(-c3cccs3)s2)no1. The molecular formula is C15H14N2O3S2. The van der Waals surface area contributed by atoms with Gasteiger partial charge in [0.05, 0.1) is 0 Å². The van der Waals surface area contributed by atoms with E-state index < -0.39 is 6.10 Å². The van der Waals surface area contributed by atoms with Gasteiger partial charge in [0.15, 0.2) is 5.69 Å². The molecule has 3 aromatic rings. The number of amides is 1. The quantitative estimate of drug-likeness (QED) is 0.751. The summed E-state index contributed by atoms with van der Waals surface area (Å²) in [7, 11) is 0. The molecule has 3 heterocycles. The van der Waals surface area contributed by atoms with Crippen LogP contribution in [0.3, 0.4) is 0 Å². The first kappa shape index (κ1) is 15.0. The van der Waals surface area contributed by atoms with Crippen LogP contribution in [0.25, 0.3) is 9.75 Å². The van der Waals surface area contributed by atoms with Crippen LogP contribution in [-0.2, 0) is 0 Å². The first-order chi connectivity index (χ1) is 10.6. The molecule has 2 N–H and O–H groups in total. The summed E-state index contributed by atoms with van der Waals surface area (Å²) in [5.41, 5.74) is 0.218. The number of hydrogen-bond donors (Lipinski definition) is 2. The molecule has 0 spiro atoms. The minimum atomic E-state index is -0.740. The Labute approximate surface area is 135 Å². The number of carbonyl (C=O) groups is 1. The lowest BCUT2D eigenvalue weighted by atomic mass is 10.2. The van der Waals surface area contributed by atoms with Gasteiger partial charge in [-0.05, 0) is 30.5 Å². The summed E-state index contributed by atoms with van der Waals surface area (Å²) in [5, 5.41) is 18.5. The Morgan fingerprint density at radius 1 is 1.41 bits per heavy atom. The van der Waals surface area contributed by atoms with E-state index >= 15 is 0 Å². The number of hydrogen-bond acceptors (Lipinski definition) is 6. The third kappa shape index (κ3) is 3.27. The van der Waals surface area contributed by atoms with Crippen molar-refractivity contribution in [1.82, 2.24) is 10.5 Å². The predicted molar refractivity (Wildman–Crippen MR) is 86.2 cm³/mol. The van der Waals surface area contributed by atoms with Gasteiger partial charge < -0.3 is 14.9 Å². The summed E-state index contributed by atoms with van der Waals surface area (Å²) < 4.78 is 4.85.